The van der Waals surface area contributed by atoms with Crippen LogP contribution < -0.4 is 10.1 Å². The molecule has 1 amide bonds. The summed E-state index contributed by atoms with van der Waals surface area (Å²) in [6, 6.07) is 15.2. The maximum atomic E-state index is 12.2. The molecular weight excluding hydrogens is 503 g/mol. The molecule has 0 saturated carbocycles. The van der Waals surface area contributed by atoms with Crippen LogP contribution in [0.2, 0.25) is 0 Å². The molecule has 2 heterocycles. The summed E-state index contributed by atoms with van der Waals surface area (Å²) in [6.07, 6.45) is 0. The number of halogens is 1. The normalized spacial score (nSPS) is 11.0. The molecule has 2 aromatic heterocycles. The fourth-order valence-electron chi connectivity index (χ4n) is 2.82. The van der Waals surface area contributed by atoms with Crippen LogP contribution in [0.5, 0.6) is 5.75 Å². The predicted octanol–water partition coefficient (Wildman–Crippen LogP) is 4.57. The van der Waals surface area contributed by atoms with Crippen molar-refractivity contribution in [2.45, 2.75) is 5.16 Å². The summed E-state index contributed by atoms with van der Waals surface area (Å²) in [4.78, 5) is 12.2. The molecule has 0 aliphatic rings. The number of furan rings is 1. The van der Waals surface area contributed by atoms with Gasteiger partial charge >= 0.3 is 0 Å². The van der Waals surface area contributed by atoms with Gasteiger partial charge in [-0.05, 0) is 59.0 Å². The van der Waals surface area contributed by atoms with Crippen molar-refractivity contribution in [2.75, 3.05) is 18.2 Å². The number of hydrogen-bond acceptors (Lipinski definition) is 6. The number of benzene rings is 2. The second-order valence-electron chi connectivity index (χ2n) is 6.20. The Hall–Kier alpha value is -2.53. The lowest BCUT2D eigenvalue weighted by Gasteiger charge is -2.05. The van der Waals surface area contributed by atoms with Gasteiger partial charge in [0.2, 0.25) is 5.91 Å². The first kappa shape index (κ1) is 19.8. The van der Waals surface area contributed by atoms with Crippen LogP contribution in [0.25, 0.3) is 22.6 Å². The topological polar surface area (TPSA) is 82.2 Å². The maximum Gasteiger partial charge on any atom is 0.234 e. The van der Waals surface area contributed by atoms with E-state index >= 15 is 0 Å². The quantitative estimate of drug-likeness (QED) is 0.296. The molecule has 1 N–H and O–H groups in total. The second-order valence-corrected chi connectivity index (χ2v) is 8.39. The van der Waals surface area contributed by atoms with Crippen LogP contribution in [0.15, 0.2) is 58.1 Å². The Labute approximate surface area is 185 Å². The first-order chi connectivity index (χ1) is 14.0. The second kappa shape index (κ2) is 8.46. The van der Waals surface area contributed by atoms with Crippen molar-refractivity contribution < 1.29 is 13.9 Å². The molecule has 0 radical (unpaired) electrons. The molecular formula is C20H17IN4O3S. The lowest BCUT2D eigenvalue weighted by Crippen LogP contribution is -2.14. The van der Waals surface area contributed by atoms with Crippen LogP contribution in [0.3, 0.4) is 0 Å². The molecule has 0 saturated heterocycles. The molecule has 2 aromatic carbocycles. The first-order valence-corrected chi connectivity index (χ1v) is 10.8. The number of aromatic nitrogens is 3. The van der Waals surface area contributed by atoms with Crippen LogP contribution in [-0.2, 0) is 11.8 Å². The Morgan fingerprint density at radius 2 is 2.03 bits per heavy atom. The van der Waals surface area contributed by atoms with Crippen LogP contribution in [0.4, 0.5) is 5.69 Å². The number of ether oxygens (including phenoxy) is 1. The third kappa shape index (κ3) is 4.25. The van der Waals surface area contributed by atoms with Crippen molar-refractivity contribution in [3.05, 3.63) is 52.1 Å². The van der Waals surface area contributed by atoms with E-state index in [9.17, 15) is 4.79 Å². The molecule has 29 heavy (non-hydrogen) atoms. The molecule has 9 heteroatoms. The van der Waals surface area contributed by atoms with E-state index in [2.05, 4.69) is 38.1 Å². The SMILES string of the molecule is COc1cccc2cc(-c3nnc(SCC(=O)Nc4ccc(I)cc4)n3C)oc12. The number of carbonyl (C=O) groups is 1. The Morgan fingerprint density at radius 3 is 2.79 bits per heavy atom. The highest BCUT2D eigenvalue weighted by molar-refractivity contribution is 14.1. The standard InChI is InChI=1S/C20H17IN4O3S/c1-25-19(16-10-12-4-3-5-15(27-2)18(12)28-16)23-24-20(25)29-11-17(26)22-14-8-6-13(21)7-9-14/h3-10H,11H2,1-2H3,(H,22,26). The summed E-state index contributed by atoms with van der Waals surface area (Å²) in [5, 5.41) is 12.9. The van der Waals surface area contributed by atoms with E-state index in [1.807, 2.05) is 60.1 Å². The zero-order valence-corrected chi connectivity index (χ0v) is 18.7. The van der Waals surface area contributed by atoms with Gasteiger partial charge in [-0.2, -0.15) is 0 Å². The zero-order valence-electron chi connectivity index (χ0n) is 15.7. The van der Waals surface area contributed by atoms with E-state index in [4.69, 9.17) is 9.15 Å². The van der Waals surface area contributed by atoms with Gasteiger partial charge in [-0.15, -0.1) is 10.2 Å². The number of carbonyl (C=O) groups excluding carboxylic acids is 1. The number of fused-ring (bicyclic) bond motifs is 1. The molecule has 148 valence electrons. The number of rotatable bonds is 6. The summed E-state index contributed by atoms with van der Waals surface area (Å²) >= 11 is 3.54. The first-order valence-electron chi connectivity index (χ1n) is 8.69. The van der Waals surface area contributed by atoms with Gasteiger partial charge in [-0.25, -0.2) is 0 Å². The fraction of sp³-hybridized carbons (Fsp3) is 0.150. The Bertz CT molecular complexity index is 1170. The van der Waals surface area contributed by atoms with Crippen molar-refractivity contribution in [1.29, 1.82) is 0 Å². The minimum atomic E-state index is -0.103. The van der Waals surface area contributed by atoms with Gasteiger partial charge in [0.05, 0.1) is 12.9 Å². The van der Waals surface area contributed by atoms with Crippen molar-refractivity contribution in [2.24, 2.45) is 7.05 Å². The monoisotopic (exact) mass is 520 g/mol. The average Bonchev–Trinajstić information content (AvgIpc) is 3.31. The van der Waals surface area contributed by atoms with Gasteiger partial charge in [-0.1, -0.05) is 23.9 Å². The molecule has 4 aromatic rings. The van der Waals surface area contributed by atoms with Gasteiger partial charge in [0.15, 0.2) is 28.1 Å². The van der Waals surface area contributed by atoms with E-state index in [0.29, 0.717) is 28.1 Å². The van der Waals surface area contributed by atoms with E-state index in [-0.39, 0.29) is 11.7 Å². The Balaban J connectivity index is 1.47. The van der Waals surface area contributed by atoms with Crippen molar-refractivity contribution in [1.82, 2.24) is 14.8 Å². The molecule has 0 bridgehead atoms. The zero-order chi connectivity index (χ0) is 20.4. The minimum absolute atomic E-state index is 0.103. The summed E-state index contributed by atoms with van der Waals surface area (Å²) in [6.45, 7) is 0. The van der Waals surface area contributed by atoms with Crippen LogP contribution in [0.1, 0.15) is 0 Å². The lowest BCUT2D eigenvalue weighted by molar-refractivity contribution is -0.113. The third-order valence-corrected chi connectivity index (χ3v) is 5.98. The van der Waals surface area contributed by atoms with Crippen molar-refractivity contribution >= 4 is 56.9 Å². The highest BCUT2D eigenvalue weighted by Gasteiger charge is 2.17. The highest BCUT2D eigenvalue weighted by Crippen LogP contribution is 2.33. The summed E-state index contributed by atoms with van der Waals surface area (Å²) < 4.78 is 14.2. The van der Waals surface area contributed by atoms with Gasteiger partial charge in [0.25, 0.3) is 0 Å². The highest BCUT2D eigenvalue weighted by atomic mass is 127. The summed E-state index contributed by atoms with van der Waals surface area (Å²) in [5.41, 5.74) is 1.44. The number of thioether (sulfide) groups is 1. The van der Waals surface area contributed by atoms with Crippen molar-refractivity contribution in [3.63, 3.8) is 0 Å². The van der Waals surface area contributed by atoms with E-state index < -0.39 is 0 Å². The number of para-hydroxylation sites is 1. The Morgan fingerprint density at radius 1 is 1.24 bits per heavy atom. The number of amides is 1. The van der Waals surface area contributed by atoms with Gasteiger partial charge in [0.1, 0.15) is 0 Å². The molecule has 4 rings (SSSR count). The summed E-state index contributed by atoms with van der Waals surface area (Å²) in [7, 11) is 3.45. The van der Waals surface area contributed by atoms with Crippen molar-refractivity contribution in [3.8, 4) is 17.3 Å². The molecule has 0 spiro atoms. The number of methoxy groups -OCH3 is 1. The van der Waals surface area contributed by atoms with Gasteiger partial charge in [0, 0.05) is 21.7 Å². The molecule has 0 atom stereocenters. The average molecular weight is 520 g/mol. The maximum absolute atomic E-state index is 12.2. The number of anilines is 1. The third-order valence-electron chi connectivity index (χ3n) is 4.24. The smallest absolute Gasteiger partial charge is 0.234 e. The van der Waals surface area contributed by atoms with Crippen LogP contribution in [-0.4, -0.2) is 33.5 Å². The molecule has 0 unspecified atom stereocenters. The minimum Gasteiger partial charge on any atom is -0.493 e. The molecule has 0 aliphatic carbocycles. The Kier molecular flexibility index (Phi) is 5.76. The number of nitrogens with zero attached hydrogens (tertiary/aromatic N) is 3. The van der Waals surface area contributed by atoms with Crippen LogP contribution >= 0.6 is 34.4 Å². The fourth-order valence-corrected chi connectivity index (χ4v) is 3.89. The summed E-state index contributed by atoms with van der Waals surface area (Å²) in [5.74, 6) is 1.97. The largest absolute Gasteiger partial charge is 0.493 e. The van der Waals surface area contributed by atoms with Gasteiger partial charge in [-0.3, -0.25) is 4.79 Å². The predicted molar refractivity (Wildman–Crippen MR) is 121 cm³/mol. The van der Waals surface area contributed by atoms with Crippen LogP contribution in [0, 0.1) is 3.57 Å². The van der Waals surface area contributed by atoms with E-state index in [0.717, 1.165) is 14.6 Å². The lowest BCUT2D eigenvalue weighted by atomic mass is 10.2. The molecule has 0 fully saturated rings. The number of hydrogen-bond donors (Lipinski definition) is 1. The van der Waals surface area contributed by atoms with E-state index in [1.165, 1.54) is 11.8 Å². The van der Waals surface area contributed by atoms with E-state index in [1.54, 1.807) is 7.11 Å². The molecule has 0 aliphatic heterocycles. The molecule has 7 nitrogen and oxygen atoms in total. The number of nitrogens with one attached hydrogen (secondary N) is 1. The van der Waals surface area contributed by atoms with Gasteiger partial charge < -0.3 is 19.0 Å².